The van der Waals surface area contributed by atoms with Crippen molar-refractivity contribution in [3.63, 3.8) is 0 Å². The van der Waals surface area contributed by atoms with Gasteiger partial charge in [0.05, 0.1) is 25.3 Å². The SMILES string of the molecule is [2H]C([2H])([2H])N1[C@@H]2COC[C@H]1C[C@@H](NC(=O)c1cn(CC(F)F)c3ccc(F)cc13)C2. The number of amides is 1. The molecule has 1 aromatic heterocycles. The summed E-state index contributed by atoms with van der Waals surface area (Å²) in [6.07, 6.45) is -0.521. The van der Waals surface area contributed by atoms with Gasteiger partial charge >= 0.3 is 0 Å². The van der Waals surface area contributed by atoms with Crippen LogP contribution in [0.15, 0.2) is 24.4 Å². The molecule has 0 spiro atoms. The van der Waals surface area contributed by atoms with Gasteiger partial charge in [0.15, 0.2) is 0 Å². The molecule has 8 heteroatoms. The van der Waals surface area contributed by atoms with Crippen LogP contribution >= 0.6 is 0 Å². The number of halogens is 3. The number of aromatic nitrogens is 1. The number of ether oxygens (including phenoxy) is 1. The zero-order chi connectivity index (χ0) is 21.6. The number of alkyl halides is 2. The molecule has 2 aliphatic heterocycles. The molecule has 2 aliphatic rings. The summed E-state index contributed by atoms with van der Waals surface area (Å²) in [6.45, 7) is -2.32. The Hall–Kier alpha value is -2.06. The van der Waals surface area contributed by atoms with Crippen molar-refractivity contribution in [3.05, 3.63) is 35.8 Å². The average molecular weight is 384 g/mol. The normalized spacial score (nSPS) is 28.0. The Kier molecular flexibility index (Phi) is 3.96. The van der Waals surface area contributed by atoms with E-state index in [0.29, 0.717) is 18.4 Å². The van der Waals surface area contributed by atoms with E-state index in [1.807, 2.05) is 0 Å². The summed E-state index contributed by atoms with van der Waals surface area (Å²) in [6, 6.07) is 2.70. The number of hydrogen-bond donors (Lipinski definition) is 1. The van der Waals surface area contributed by atoms with Crippen molar-refractivity contribution < 1.29 is 26.8 Å². The fourth-order valence-corrected chi connectivity index (χ4v) is 4.05. The average Bonchev–Trinajstić information content (AvgIpc) is 2.97. The molecule has 1 amide bonds. The molecule has 0 unspecified atom stereocenters. The second-order valence-corrected chi connectivity index (χ2v) is 7.14. The minimum absolute atomic E-state index is 0.116. The molecular formula is C19H22F3N3O2. The van der Waals surface area contributed by atoms with Gasteiger partial charge < -0.3 is 14.6 Å². The summed E-state index contributed by atoms with van der Waals surface area (Å²) in [5.74, 6) is -1.06. The second-order valence-electron chi connectivity index (χ2n) is 7.14. The van der Waals surface area contributed by atoms with E-state index in [0.717, 1.165) is 12.1 Å². The molecule has 0 radical (unpaired) electrons. The molecule has 146 valence electrons. The lowest BCUT2D eigenvalue weighted by Crippen LogP contribution is -2.59. The predicted molar refractivity (Wildman–Crippen MR) is 94.5 cm³/mol. The monoisotopic (exact) mass is 384 g/mol. The maximum atomic E-state index is 13.8. The van der Waals surface area contributed by atoms with Crippen LogP contribution in [0, 0.1) is 5.82 Å². The van der Waals surface area contributed by atoms with Crippen molar-refractivity contribution in [3.8, 4) is 0 Å². The highest BCUT2D eigenvalue weighted by Crippen LogP contribution is 2.28. The van der Waals surface area contributed by atoms with Gasteiger partial charge in [-0.15, -0.1) is 0 Å². The summed E-state index contributed by atoms with van der Waals surface area (Å²) in [4.78, 5) is 14.4. The Balaban J connectivity index is 1.56. The van der Waals surface area contributed by atoms with E-state index in [1.54, 1.807) is 0 Å². The Morgan fingerprint density at radius 3 is 2.78 bits per heavy atom. The van der Waals surface area contributed by atoms with Gasteiger partial charge in [-0.05, 0) is 38.0 Å². The lowest BCUT2D eigenvalue weighted by Gasteiger charge is -2.46. The van der Waals surface area contributed by atoms with E-state index in [-0.39, 0.29) is 42.3 Å². The quantitative estimate of drug-likeness (QED) is 0.882. The van der Waals surface area contributed by atoms with E-state index in [2.05, 4.69) is 5.32 Å². The van der Waals surface area contributed by atoms with Crippen molar-refractivity contribution in [1.29, 1.82) is 0 Å². The van der Waals surface area contributed by atoms with E-state index in [9.17, 15) is 18.0 Å². The first-order valence-electron chi connectivity index (χ1n) is 10.4. The van der Waals surface area contributed by atoms with Crippen LogP contribution < -0.4 is 5.32 Å². The zero-order valence-electron chi connectivity index (χ0n) is 17.5. The van der Waals surface area contributed by atoms with Gasteiger partial charge in [0.25, 0.3) is 12.3 Å². The van der Waals surface area contributed by atoms with Crippen LogP contribution in [0.2, 0.25) is 0 Å². The van der Waals surface area contributed by atoms with Crippen molar-refractivity contribution in [2.75, 3.05) is 20.2 Å². The Bertz CT molecular complexity index is 936. The minimum Gasteiger partial charge on any atom is -0.378 e. The molecule has 3 atom stereocenters. The molecule has 0 saturated carbocycles. The van der Waals surface area contributed by atoms with Gasteiger partial charge in [-0.25, -0.2) is 13.2 Å². The van der Waals surface area contributed by atoms with Crippen LogP contribution in [0.3, 0.4) is 0 Å². The number of nitrogens with zero attached hydrogens (tertiary/aromatic N) is 2. The number of benzene rings is 1. The van der Waals surface area contributed by atoms with Gasteiger partial charge in [-0.2, -0.15) is 0 Å². The third kappa shape index (κ3) is 3.55. The minimum atomic E-state index is -2.62. The van der Waals surface area contributed by atoms with Crippen LogP contribution in [0.5, 0.6) is 0 Å². The number of nitrogens with one attached hydrogen (secondary N) is 1. The smallest absolute Gasteiger partial charge is 0.256 e. The third-order valence-corrected chi connectivity index (χ3v) is 5.28. The summed E-state index contributed by atoms with van der Waals surface area (Å²) in [5, 5.41) is 3.15. The van der Waals surface area contributed by atoms with Crippen LogP contribution in [-0.2, 0) is 11.3 Å². The van der Waals surface area contributed by atoms with Crippen LogP contribution in [0.25, 0.3) is 10.9 Å². The first-order valence-corrected chi connectivity index (χ1v) is 8.87. The highest BCUT2D eigenvalue weighted by molar-refractivity contribution is 6.07. The van der Waals surface area contributed by atoms with Crippen LogP contribution in [0.1, 0.15) is 27.3 Å². The number of carbonyl (C=O) groups is 1. The lowest BCUT2D eigenvalue weighted by molar-refractivity contribution is -0.0670. The fraction of sp³-hybridized carbons (Fsp3) is 0.526. The Morgan fingerprint density at radius 2 is 2.11 bits per heavy atom. The summed E-state index contributed by atoms with van der Waals surface area (Å²) >= 11 is 0. The number of piperidine rings is 1. The predicted octanol–water partition coefficient (Wildman–Crippen LogP) is 2.64. The number of likely N-dealkylation sites (N-methyl/N-ethyl adjacent to an activating group) is 1. The molecule has 0 aliphatic carbocycles. The number of rotatable bonds is 4. The van der Waals surface area contributed by atoms with Gasteiger partial charge in [0, 0.05) is 39.3 Å². The molecule has 5 nitrogen and oxygen atoms in total. The molecule has 1 aromatic carbocycles. The van der Waals surface area contributed by atoms with E-state index < -0.39 is 31.7 Å². The van der Waals surface area contributed by atoms with Crippen molar-refractivity contribution in [2.24, 2.45) is 0 Å². The molecular weight excluding hydrogens is 359 g/mol. The zero-order valence-corrected chi connectivity index (χ0v) is 14.5. The lowest BCUT2D eigenvalue weighted by atomic mass is 9.90. The van der Waals surface area contributed by atoms with E-state index in [1.165, 1.54) is 21.7 Å². The maximum absolute atomic E-state index is 13.8. The van der Waals surface area contributed by atoms with Gasteiger partial charge in [0.2, 0.25) is 0 Å². The highest BCUT2D eigenvalue weighted by Gasteiger charge is 2.37. The Labute approximate surface area is 159 Å². The summed E-state index contributed by atoms with van der Waals surface area (Å²) < 4.78 is 69.6. The fourth-order valence-electron chi connectivity index (χ4n) is 4.05. The van der Waals surface area contributed by atoms with Gasteiger partial charge in [-0.3, -0.25) is 9.69 Å². The van der Waals surface area contributed by atoms with Gasteiger partial charge in [-0.1, -0.05) is 0 Å². The second kappa shape index (κ2) is 7.16. The maximum Gasteiger partial charge on any atom is 0.256 e. The van der Waals surface area contributed by atoms with E-state index in [4.69, 9.17) is 8.85 Å². The van der Waals surface area contributed by atoms with Gasteiger partial charge in [0.1, 0.15) is 5.82 Å². The topological polar surface area (TPSA) is 46.5 Å². The molecule has 2 saturated heterocycles. The van der Waals surface area contributed by atoms with Crippen molar-refractivity contribution in [2.45, 2.75) is 43.9 Å². The molecule has 4 rings (SSSR count). The molecule has 2 bridgehead atoms. The molecule has 2 aromatic rings. The van der Waals surface area contributed by atoms with E-state index >= 15 is 0 Å². The highest BCUT2D eigenvalue weighted by atomic mass is 19.3. The number of morpholine rings is 1. The first kappa shape index (κ1) is 14.9. The largest absolute Gasteiger partial charge is 0.378 e. The number of fused-ring (bicyclic) bond motifs is 3. The molecule has 3 heterocycles. The number of carbonyl (C=O) groups excluding carboxylic acids is 1. The van der Waals surface area contributed by atoms with Crippen molar-refractivity contribution in [1.82, 2.24) is 14.8 Å². The van der Waals surface area contributed by atoms with Crippen molar-refractivity contribution >= 4 is 16.8 Å². The number of hydrogen-bond acceptors (Lipinski definition) is 3. The van der Waals surface area contributed by atoms with Crippen LogP contribution in [-0.4, -0.2) is 60.1 Å². The third-order valence-electron chi connectivity index (χ3n) is 5.28. The first-order chi connectivity index (χ1) is 14.1. The summed E-state index contributed by atoms with van der Waals surface area (Å²) in [5.41, 5.74) is 0.467. The standard InChI is InChI=1S/C19H22F3N3O2/c1-24-13-5-12(6-14(24)10-27-9-13)23-19(26)16-7-25(8-18(21)22)17-3-2-11(20)4-15(16)17/h2-4,7,12-14,18H,5-6,8-10H2,1H3,(H,23,26)/t12-,13-,14+/i1D3. The molecule has 2 fully saturated rings. The molecule has 1 N–H and O–H groups in total. The van der Waals surface area contributed by atoms with Crippen LogP contribution in [0.4, 0.5) is 13.2 Å². The molecule has 27 heavy (non-hydrogen) atoms. The summed E-state index contributed by atoms with van der Waals surface area (Å²) in [7, 11) is 0. The Morgan fingerprint density at radius 1 is 1.37 bits per heavy atom.